The summed E-state index contributed by atoms with van der Waals surface area (Å²) in [6, 6.07) is 10.2. The molecular weight excluding hydrogens is 589 g/mol. The van der Waals surface area contributed by atoms with Crippen LogP contribution in [0.1, 0.15) is 34.7 Å². The molecule has 0 saturated carbocycles. The van der Waals surface area contributed by atoms with Gasteiger partial charge >= 0.3 is 0 Å². The molecule has 7 nitrogen and oxygen atoms in total. The molecular formula is C28H27ClFN5O2S3. The minimum Gasteiger partial charge on any atom is -0.455 e. The molecule has 4 heterocycles. The van der Waals surface area contributed by atoms with Crippen LogP contribution in [-0.4, -0.2) is 53.0 Å². The van der Waals surface area contributed by atoms with Crippen LogP contribution in [0.2, 0.25) is 5.15 Å². The normalized spacial score (nSPS) is 16.2. The van der Waals surface area contributed by atoms with Crippen molar-refractivity contribution in [2.24, 2.45) is 0 Å². The Morgan fingerprint density at radius 3 is 2.85 bits per heavy atom. The van der Waals surface area contributed by atoms with Gasteiger partial charge in [-0.15, -0.1) is 11.3 Å². The van der Waals surface area contributed by atoms with Crippen molar-refractivity contribution < 1.29 is 13.6 Å². The SMILES string of the molecule is CNC(=O)c1c(-c2ccc(F)cc2)oc2cc(N(C)SC)c(C3CCCN(Sc4c(Cl)nc5sccn45)C3)cc12. The third-order valence-corrected chi connectivity index (χ3v) is 10.3. The molecule has 1 saturated heterocycles. The minimum atomic E-state index is -0.343. The van der Waals surface area contributed by atoms with Crippen molar-refractivity contribution >= 4 is 74.4 Å². The number of carbonyl (C=O) groups excluding carboxylic acids is 1. The predicted molar refractivity (Wildman–Crippen MR) is 164 cm³/mol. The number of rotatable bonds is 7. The molecule has 0 aliphatic carbocycles. The van der Waals surface area contributed by atoms with Gasteiger partial charge in [0.05, 0.1) is 11.3 Å². The third-order valence-electron chi connectivity index (χ3n) is 7.23. The van der Waals surface area contributed by atoms with Gasteiger partial charge in [0, 0.05) is 62.0 Å². The van der Waals surface area contributed by atoms with E-state index in [0.717, 1.165) is 52.6 Å². The average Bonchev–Trinajstić information content (AvgIpc) is 3.66. The van der Waals surface area contributed by atoms with E-state index in [1.54, 1.807) is 54.4 Å². The first-order valence-corrected chi connectivity index (χ1v) is 16.0. The zero-order valence-electron chi connectivity index (χ0n) is 22.1. The molecule has 12 heteroatoms. The van der Waals surface area contributed by atoms with E-state index in [4.69, 9.17) is 16.0 Å². The molecule has 1 amide bonds. The molecule has 1 aliphatic heterocycles. The number of amides is 1. The van der Waals surface area contributed by atoms with Crippen LogP contribution in [0.4, 0.5) is 10.1 Å². The van der Waals surface area contributed by atoms with Crippen LogP contribution >= 0.6 is 46.8 Å². The Morgan fingerprint density at radius 2 is 2.10 bits per heavy atom. The number of nitrogens with one attached hydrogen (secondary N) is 1. The summed E-state index contributed by atoms with van der Waals surface area (Å²) < 4.78 is 26.5. The molecule has 0 radical (unpaired) electrons. The summed E-state index contributed by atoms with van der Waals surface area (Å²) in [5.74, 6) is 0.0667. The van der Waals surface area contributed by atoms with Crippen LogP contribution in [0.3, 0.4) is 0 Å². The number of aromatic nitrogens is 2. The first kappa shape index (κ1) is 27.5. The van der Waals surface area contributed by atoms with Crippen LogP contribution in [0.5, 0.6) is 0 Å². The van der Waals surface area contributed by atoms with Crippen molar-refractivity contribution in [2.75, 3.05) is 37.7 Å². The van der Waals surface area contributed by atoms with Gasteiger partial charge in [0.2, 0.25) is 0 Å². The fraction of sp³-hybridized carbons (Fsp3) is 0.286. The van der Waals surface area contributed by atoms with Gasteiger partial charge in [0.15, 0.2) is 10.1 Å². The summed E-state index contributed by atoms with van der Waals surface area (Å²) in [5, 5.41) is 6.96. The van der Waals surface area contributed by atoms with E-state index in [9.17, 15) is 9.18 Å². The molecule has 1 aliphatic rings. The Morgan fingerprint density at radius 1 is 1.30 bits per heavy atom. The van der Waals surface area contributed by atoms with E-state index >= 15 is 0 Å². The highest BCUT2D eigenvalue weighted by Gasteiger charge is 2.30. The monoisotopic (exact) mass is 615 g/mol. The fourth-order valence-corrected chi connectivity index (χ4v) is 7.75. The molecule has 6 rings (SSSR count). The van der Waals surface area contributed by atoms with Gasteiger partial charge in [-0.3, -0.25) is 9.20 Å². The second kappa shape index (κ2) is 11.3. The average molecular weight is 616 g/mol. The maximum absolute atomic E-state index is 13.7. The summed E-state index contributed by atoms with van der Waals surface area (Å²) in [5.41, 5.74) is 3.92. The van der Waals surface area contributed by atoms with Crippen molar-refractivity contribution in [3.63, 3.8) is 0 Å². The number of halogens is 2. The van der Waals surface area contributed by atoms with Crippen LogP contribution in [0.15, 0.2) is 57.4 Å². The van der Waals surface area contributed by atoms with Crippen LogP contribution in [-0.2, 0) is 0 Å². The van der Waals surface area contributed by atoms with Gasteiger partial charge in [0.25, 0.3) is 5.91 Å². The first-order chi connectivity index (χ1) is 19.4. The van der Waals surface area contributed by atoms with Crippen molar-refractivity contribution in [3.05, 3.63) is 70.1 Å². The lowest BCUT2D eigenvalue weighted by atomic mass is 9.89. The maximum Gasteiger partial charge on any atom is 0.255 e. The van der Waals surface area contributed by atoms with Gasteiger partial charge < -0.3 is 14.0 Å². The number of fused-ring (bicyclic) bond motifs is 2. The molecule has 1 N–H and O–H groups in total. The van der Waals surface area contributed by atoms with E-state index in [1.165, 1.54) is 12.1 Å². The maximum atomic E-state index is 13.7. The van der Waals surface area contributed by atoms with Crippen molar-refractivity contribution in [1.29, 1.82) is 0 Å². The standard InChI is InChI=1S/C28H27ClFN5O2S3/c1-31-26(36)23-20-13-19(17-5-4-10-34(15-17)40-27-25(29)32-28-35(27)11-12-39-28)21(33(2)38-3)14-22(20)37-24(23)16-6-8-18(30)9-7-16/h6-9,11-14,17H,4-5,10,15H2,1-3H3,(H,31,36). The van der Waals surface area contributed by atoms with E-state index in [2.05, 4.69) is 25.0 Å². The smallest absolute Gasteiger partial charge is 0.255 e. The fourth-order valence-electron chi connectivity index (χ4n) is 5.22. The van der Waals surface area contributed by atoms with Crippen molar-refractivity contribution in [2.45, 2.75) is 23.8 Å². The molecule has 1 atom stereocenters. The highest BCUT2D eigenvalue weighted by molar-refractivity contribution is 7.99. The summed E-state index contributed by atoms with van der Waals surface area (Å²) >= 11 is 11.3. The van der Waals surface area contributed by atoms with Gasteiger partial charge in [-0.1, -0.05) is 23.5 Å². The van der Waals surface area contributed by atoms with Gasteiger partial charge in [-0.05, 0) is 66.6 Å². The highest BCUT2D eigenvalue weighted by Crippen LogP contribution is 2.44. The molecule has 208 valence electrons. The number of imidazole rings is 1. The Hall–Kier alpha value is -2.70. The van der Waals surface area contributed by atoms with Gasteiger partial charge in [0.1, 0.15) is 22.2 Å². The number of carbonyl (C=O) groups is 1. The van der Waals surface area contributed by atoms with Crippen LogP contribution in [0, 0.1) is 5.82 Å². The lowest BCUT2D eigenvalue weighted by Gasteiger charge is -2.33. The molecule has 2 aromatic carbocycles. The van der Waals surface area contributed by atoms with Crippen LogP contribution < -0.4 is 9.62 Å². The number of nitrogens with zero attached hydrogens (tertiary/aromatic N) is 4. The third kappa shape index (κ3) is 4.98. The van der Waals surface area contributed by atoms with Crippen LogP contribution in [0.25, 0.3) is 27.3 Å². The number of thiazole rings is 1. The topological polar surface area (TPSA) is 66.0 Å². The largest absolute Gasteiger partial charge is 0.455 e. The number of furan rings is 1. The molecule has 3 aromatic heterocycles. The Bertz CT molecular complexity index is 1700. The number of hydrogen-bond acceptors (Lipinski definition) is 8. The predicted octanol–water partition coefficient (Wildman–Crippen LogP) is 7.56. The first-order valence-electron chi connectivity index (χ1n) is 12.8. The Balaban J connectivity index is 1.42. The summed E-state index contributed by atoms with van der Waals surface area (Å²) in [4.78, 5) is 18.5. The van der Waals surface area contributed by atoms with E-state index in [-0.39, 0.29) is 17.6 Å². The summed E-state index contributed by atoms with van der Waals surface area (Å²) in [7, 11) is 3.64. The molecule has 1 fully saturated rings. The lowest BCUT2D eigenvalue weighted by Crippen LogP contribution is -2.30. The zero-order valence-corrected chi connectivity index (χ0v) is 25.3. The van der Waals surface area contributed by atoms with Crippen molar-refractivity contribution in [1.82, 2.24) is 19.0 Å². The molecule has 1 unspecified atom stereocenters. The second-order valence-electron chi connectivity index (χ2n) is 9.56. The quantitative estimate of drug-likeness (QED) is 0.190. The molecule has 5 aromatic rings. The Kier molecular flexibility index (Phi) is 7.75. The van der Waals surface area contributed by atoms with Gasteiger partial charge in [-0.2, -0.15) is 0 Å². The van der Waals surface area contributed by atoms with Crippen molar-refractivity contribution in [3.8, 4) is 11.3 Å². The molecule has 0 bridgehead atoms. The highest BCUT2D eigenvalue weighted by atomic mass is 35.5. The summed E-state index contributed by atoms with van der Waals surface area (Å²) in [6.07, 6.45) is 6.08. The van der Waals surface area contributed by atoms with E-state index in [1.807, 2.05) is 35.3 Å². The number of anilines is 1. The second-order valence-corrected chi connectivity index (χ2v) is 12.8. The van der Waals surface area contributed by atoms with E-state index < -0.39 is 0 Å². The van der Waals surface area contributed by atoms with E-state index in [0.29, 0.717) is 27.6 Å². The molecule has 40 heavy (non-hydrogen) atoms. The minimum absolute atomic E-state index is 0.224. The van der Waals surface area contributed by atoms with Gasteiger partial charge in [-0.25, -0.2) is 13.7 Å². The summed E-state index contributed by atoms with van der Waals surface area (Å²) in [6.45, 7) is 1.76. The Labute approximate surface area is 248 Å². The zero-order chi connectivity index (χ0) is 28.0. The lowest BCUT2D eigenvalue weighted by molar-refractivity contribution is 0.0964. The number of hydrogen-bond donors (Lipinski definition) is 1. The molecule has 0 spiro atoms. The number of piperidine rings is 1. The number of benzene rings is 2.